The number of ether oxygens (including phenoxy) is 4. The first-order chi connectivity index (χ1) is 25.0. The minimum absolute atomic E-state index is 0.0195. The SMILES string of the molecule is COc1cc(COCC(=O)NCC2COC(C)(C)O2)ccc1NC(=O)[C@@H]1N[C@@H](CC(C)(C)C)[C@](C#N)(c2ccc(Cl)cc2F)[C@H]1c1cccc(Cl)c1F. The van der Waals surface area contributed by atoms with E-state index in [1.807, 2.05) is 20.8 Å². The molecule has 2 aliphatic rings. The lowest BCUT2D eigenvalue weighted by atomic mass is 9.62. The fourth-order valence-corrected chi connectivity index (χ4v) is 7.44. The van der Waals surface area contributed by atoms with E-state index in [1.54, 1.807) is 32.0 Å². The van der Waals surface area contributed by atoms with Gasteiger partial charge in [0.25, 0.3) is 0 Å². The molecule has 0 bridgehead atoms. The van der Waals surface area contributed by atoms with Crippen LogP contribution in [0.5, 0.6) is 5.75 Å². The lowest BCUT2D eigenvalue weighted by Gasteiger charge is -2.37. The van der Waals surface area contributed by atoms with Gasteiger partial charge >= 0.3 is 0 Å². The molecule has 2 fully saturated rings. The van der Waals surface area contributed by atoms with Crippen molar-refractivity contribution >= 4 is 40.7 Å². The summed E-state index contributed by atoms with van der Waals surface area (Å²) in [5.74, 6) is -4.14. The number of amides is 2. The molecule has 5 atom stereocenters. The Hall–Kier alpha value is -3.83. The molecule has 10 nitrogen and oxygen atoms in total. The number of hydrogen-bond donors (Lipinski definition) is 3. The topological polar surface area (TPSA) is 131 Å². The maximum absolute atomic E-state index is 16.0. The van der Waals surface area contributed by atoms with Gasteiger partial charge in [-0.05, 0) is 67.1 Å². The number of hydrogen-bond acceptors (Lipinski definition) is 8. The van der Waals surface area contributed by atoms with E-state index in [-0.39, 0.29) is 64.4 Å². The molecular weight excluding hydrogens is 729 g/mol. The average molecular weight is 774 g/mol. The fourth-order valence-electron chi connectivity index (χ4n) is 7.10. The van der Waals surface area contributed by atoms with E-state index >= 15 is 8.78 Å². The molecule has 5 rings (SSSR count). The minimum Gasteiger partial charge on any atom is -0.495 e. The number of anilines is 1. The second-order valence-electron chi connectivity index (χ2n) is 15.0. The van der Waals surface area contributed by atoms with E-state index in [2.05, 4.69) is 22.0 Å². The third-order valence-electron chi connectivity index (χ3n) is 9.35. The molecule has 3 aromatic rings. The Morgan fingerprint density at radius 3 is 2.51 bits per heavy atom. The Labute approximate surface area is 318 Å². The van der Waals surface area contributed by atoms with Gasteiger partial charge in [0.05, 0.1) is 43.1 Å². The van der Waals surface area contributed by atoms with Crippen molar-refractivity contribution in [2.45, 2.75) is 83.0 Å². The molecule has 53 heavy (non-hydrogen) atoms. The van der Waals surface area contributed by atoms with Crippen LogP contribution in [0.3, 0.4) is 0 Å². The lowest BCUT2D eigenvalue weighted by molar-refractivity contribution is -0.140. The molecule has 2 saturated heterocycles. The molecule has 2 amide bonds. The smallest absolute Gasteiger partial charge is 0.246 e. The largest absolute Gasteiger partial charge is 0.495 e. The first kappa shape index (κ1) is 40.4. The highest BCUT2D eigenvalue weighted by atomic mass is 35.5. The molecule has 14 heteroatoms. The van der Waals surface area contributed by atoms with Crippen molar-refractivity contribution in [3.8, 4) is 11.8 Å². The maximum atomic E-state index is 16.0. The van der Waals surface area contributed by atoms with Gasteiger partial charge in [-0.3, -0.25) is 9.59 Å². The average Bonchev–Trinajstić information content (AvgIpc) is 3.60. The van der Waals surface area contributed by atoms with Gasteiger partial charge in [-0.25, -0.2) is 8.78 Å². The van der Waals surface area contributed by atoms with Crippen molar-refractivity contribution in [2.75, 3.05) is 32.2 Å². The van der Waals surface area contributed by atoms with Crippen LogP contribution >= 0.6 is 23.2 Å². The number of nitriles is 1. The normalized spacial score (nSPS) is 23.7. The van der Waals surface area contributed by atoms with Crippen LogP contribution in [0, 0.1) is 28.4 Å². The van der Waals surface area contributed by atoms with E-state index in [0.29, 0.717) is 18.6 Å². The summed E-state index contributed by atoms with van der Waals surface area (Å²) in [6.07, 6.45) is 0.0710. The van der Waals surface area contributed by atoms with Gasteiger partial charge in [0.2, 0.25) is 11.8 Å². The number of carbonyl (C=O) groups is 2. The summed E-state index contributed by atoms with van der Waals surface area (Å²) in [4.78, 5) is 26.7. The van der Waals surface area contributed by atoms with Gasteiger partial charge in [0.1, 0.15) is 35.5 Å². The van der Waals surface area contributed by atoms with Crippen molar-refractivity contribution in [3.05, 3.63) is 93.0 Å². The van der Waals surface area contributed by atoms with Gasteiger partial charge in [-0.15, -0.1) is 0 Å². The molecule has 2 aliphatic heterocycles. The molecule has 0 aliphatic carbocycles. The van der Waals surface area contributed by atoms with Crippen molar-refractivity contribution < 1.29 is 37.3 Å². The third-order valence-corrected chi connectivity index (χ3v) is 9.88. The summed E-state index contributed by atoms with van der Waals surface area (Å²) < 4.78 is 54.4. The van der Waals surface area contributed by atoms with Gasteiger partial charge in [-0.1, -0.05) is 68.2 Å². The summed E-state index contributed by atoms with van der Waals surface area (Å²) in [7, 11) is 1.43. The molecule has 0 spiro atoms. The number of carbonyl (C=O) groups excluding carboxylic acids is 2. The fraction of sp³-hybridized carbons (Fsp3) is 0.462. The van der Waals surface area contributed by atoms with Gasteiger partial charge in [0.15, 0.2) is 5.79 Å². The van der Waals surface area contributed by atoms with Crippen molar-refractivity contribution in [1.82, 2.24) is 10.6 Å². The molecule has 0 saturated carbocycles. The summed E-state index contributed by atoms with van der Waals surface area (Å²) in [5, 5.41) is 19.9. The zero-order chi connectivity index (χ0) is 38.7. The molecule has 284 valence electrons. The lowest BCUT2D eigenvalue weighted by Crippen LogP contribution is -2.45. The van der Waals surface area contributed by atoms with Crippen LogP contribution in [0.15, 0.2) is 54.6 Å². The number of rotatable bonds is 12. The predicted molar refractivity (Wildman–Crippen MR) is 197 cm³/mol. The summed E-state index contributed by atoms with van der Waals surface area (Å²) >= 11 is 12.4. The molecule has 0 radical (unpaired) electrons. The third kappa shape index (κ3) is 9.11. The Morgan fingerprint density at radius 2 is 1.87 bits per heavy atom. The summed E-state index contributed by atoms with van der Waals surface area (Å²) in [5.41, 5.74) is -1.27. The first-order valence-corrected chi connectivity index (χ1v) is 17.9. The van der Waals surface area contributed by atoms with Crippen LogP contribution < -0.4 is 20.7 Å². The number of nitrogens with one attached hydrogen (secondary N) is 3. The first-order valence-electron chi connectivity index (χ1n) is 17.2. The second-order valence-corrected chi connectivity index (χ2v) is 15.8. The van der Waals surface area contributed by atoms with E-state index in [0.717, 1.165) is 6.07 Å². The zero-order valence-electron chi connectivity index (χ0n) is 30.4. The second kappa shape index (κ2) is 16.3. The molecular formula is C39H44Cl2F2N4O6. The monoisotopic (exact) mass is 772 g/mol. The van der Waals surface area contributed by atoms with Crippen LogP contribution in [-0.2, 0) is 35.8 Å². The van der Waals surface area contributed by atoms with E-state index in [1.165, 1.54) is 37.4 Å². The Balaban J connectivity index is 1.40. The van der Waals surface area contributed by atoms with Crippen LogP contribution in [0.4, 0.5) is 14.5 Å². The Bertz CT molecular complexity index is 1880. The van der Waals surface area contributed by atoms with Crippen molar-refractivity contribution in [2.24, 2.45) is 5.41 Å². The van der Waals surface area contributed by atoms with Gasteiger partial charge < -0.3 is 34.9 Å². The number of methoxy groups -OCH3 is 1. The molecule has 1 unspecified atom stereocenters. The van der Waals surface area contributed by atoms with E-state index < -0.39 is 52.2 Å². The van der Waals surface area contributed by atoms with Crippen LogP contribution in [0.25, 0.3) is 0 Å². The standard InChI is InChI=1S/C39H44Cl2F2N4O6/c1-37(2,3)16-31-39(21-44,26-12-11-23(40)15-28(26)42)33(25-8-7-9-27(41)34(25)43)35(47-31)36(49)46-29-13-10-22(14-30(29)50-6)18-51-20-32(48)45-17-24-19-52-38(4,5)53-24/h7-15,24,31,33,35,47H,16-20H2,1-6H3,(H,45,48)(H,46,49)/t24?,31-,33-,35+,39-/m0/s1. The van der Waals surface area contributed by atoms with Crippen molar-refractivity contribution in [3.63, 3.8) is 0 Å². The molecule has 0 aromatic heterocycles. The highest BCUT2D eigenvalue weighted by Crippen LogP contribution is 2.53. The number of nitrogens with zero attached hydrogens (tertiary/aromatic N) is 1. The van der Waals surface area contributed by atoms with Crippen LogP contribution in [0.1, 0.15) is 63.6 Å². The molecule has 3 N–H and O–H groups in total. The summed E-state index contributed by atoms with van der Waals surface area (Å²) in [6.45, 7) is 10.0. The van der Waals surface area contributed by atoms with Gasteiger partial charge in [-0.2, -0.15) is 5.26 Å². The Kier molecular flexibility index (Phi) is 12.4. The zero-order valence-corrected chi connectivity index (χ0v) is 32.0. The van der Waals surface area contributed by atoms with E-state index in [4.69, 9.17) is 42.1 Å². The summed E-state index contributed by atoms with van der Waals surface area (Å²) in [6, 6.07) is 13.6. The molecule has 3 aromatic carbocycles. The Morgan fingerprint density at radius 1 is 1.11 bits per heavy atom. The highest BCUT2D eigenvalue weighted by Gasteiger charge is 2.61. The quantitative estimate of drug-likeness (QED) is 0.179. The number of halogens is 4. The molecule has 2 heterocycles. The van der Waals surface area contributed by atoms with Gasteiger partial charge in [0, 0.05) is 29.1 Å². The maximum Gasteiger partial charge on any atom is 0.246 e. The number of benzene rings is 3. The van der Waals surface area contributed by atoms with Crippen LogP contribution in [-0.4, -0.2) is 62.7 Å². The predicted octanol–water partition coefficient (Wildman–Crippen LogP) is 7.02. The highest BCUT2D eigenvalue weighted by molar-refractivity contribution is 6.31. The van der Waals surface area contributed by atoms with Crippen LogP contribution in [0.2, 0.25) is 10.0 Å². The van der Waals surface area contributed by atoms with Crippen molar-refractivity contribution in [1.29, 1.82) is 5.26 Å². The minimum atomic E-state index is -1.78. The van der Waals surface area contributed by atoms with E-state index in [9.17, 15) is 14.9 Å².